The number of hydrogen-bond acceptors (Lipinski definition) is 5. The van der Waals surface area contributed by atoms with E-state index in [-0.39, 0.29) is 23.9 Å². The van der Waals surface area contributed by atoms with Gasteiger partial charge in [-0.2, -0.15) is 0 Å². The number of benzene rings is 2. The summed E-state index contributed by atoms with van der Waals surface area (Å²) in [4.78, 5) is 57.0. The largest absolute Gasteiger partial charge is 0.480 e. The van der Waals surface area contributed by atoms with Crippen LogP contribution in [0.5, 0.6) is 0 Å². The van der Waals surface area contributed by atoms with Gasteiger partial charge in [-0.15, -0.1) is 0 Å². The molecule has 2 aromatic carbocycles. The van der Waals surface area contributed by atoms with E-state index in [1.807, 2.05) is 54.6 Å². The molecule has 5 rings (SSSR count). The molecule has 3 amide bonds. The molecule has 10 nitrogen and oxygen atoms in total. The topological polar surface area (TPSA) is 144 Å². The Bertz CT molecular complexity index is 1460. The molecular weight excluding hydrogens is 534 g/mol. The number of nitrogens with one attached hydrogen (secondary N) is 4. The maximum absolute atomic E-state index is 13.8. The molecule has 220 valence electrons. The first-order chi connectivity index (χ1) is 20.3. The lowest BCUT2D eigenvalue weighted by Gasteiger charge is -2.29. The molecule has 5 N–H and O–H groups in total. The van der Waals surface area contributed by atoms with Gasteiger partial charge in [-0.3, -0.25) is 14.4 Å². The van der Waals surface area contributed by atoms with Crippen LogP contribution >= 0.6 is 0 Å². The van der Waals surface area contributed by atoms with E-state index in [9.17, 15) is 24.3 Å². The van der Waals surface area contributed by atoms with Gasteiger partial charge in [-0.05, 0) is 55.8 Å². The van der Waals surface area contributed by atoms with Crippen molar-refractivity contribution in [3.8, 4) is 0 Å². The Morgan fingerprint density at radius 3 is 2.45 bits per heavy atom. The first-order valence-electron chi connectivity index (χ1n) is 14.5. The van der Waals surface area contributed by atoms with Crippen LogP contribution in [0.15, 0.2) is 72.9 Å². The Balaban J connectivity index is 1.39. The Kier molecular flexibility index (Phi) is 9.02. The number of carbonyl (C=O) groups excluding carboxylic acids is 3. The summed E-state index contributed by atoms with van der Waals surface area (Å²) in [5.74, 6) is -2.28. The van der Waals surface area contributed by atoms with Crippen molar-refractivity contribution in [3.05, 3.63) is 84.1 Å². The van der Waals surface area contributed by atoms with E-state index >= 15 is 0 Å². The Morgan fingerprint density at radius 1 is 0.952 bits per heavy atom. The molecule has 2 fully saturated rings. The highest BCUT2D eigenvalue weighted by molar-refractivity contribution is 5.99. The minimum absolute atomic E-state index is 0.123. The van der Waals surface area contributed by atoms with Crippen LogP contribution < -0.4 is 16.0 Å². The van der Waals surface area contributed by atoms with Gasteiger partial charge < -0.3 is 30.9 Å². The predicted molar refractivity (Wildman–Crippen MR) is 159 cm³/mol. The Hall–Kier alpha value is -4.44. The standard InChI is InChI=1S/C32H37N5O5/c1-20(26(17-21-9-3-2-4-10-21)35-30(39)25-13-7-15-33-25)29(38)36-27(31(40)37-16-8-14-28(37)32(41)42)18-22-19-34-24-12-6-5-11-23(22)24/h2-6,9-12,19,25-28,33-34H,1,7-8,13-18H2,(H,35,39)(H,36,38)(H,41,42)/t25-,26-,27-,28-/m0/s1. The first kappa shape index (κ1) is 29.1. The van der Waals surface area contributed by atoms with E-state index in [0.717, 1.165) is 35.0 Å². The van der Waals surface area contributed by atoms with Gasteiger partial charge >= 0.3 is 5.97 Å². The van der Waals surface area contributed by atoms with Gasteiger partial charge in [0.05, 0.1) is 12.1 Å². The third-order valence-electron chi connectivity index (χ3n) is 8.21. The van der Waals surface area contributed by atoms with Gasteiger partial charge in [0.15, 0.2) is 0 Å². The van der Waals surface area contributed by atoms with Crippen LogP contribution in [0.3, 0.4) is 0 Å². The zero-order chi connectivity index (χ0) is 29.6. The summed E-state index contributed by atoms with van der Waals surface area (Å²) >= 11 is 0. The van der Waals surface area contributed by atoms with E-state index in [2.05, 4.69) is 27.5 Å². The van der Waals surface area contributed by atoms with Crippen molar-refractivity contribution in [3.63, 3.8) is 0 Å². The lowest BCUT2D eigenvalue weighted by molar-refractivity contribution is -0.149. The number of carboxylic acid groups (broad SMARTS) is 1. The van der Waals surface area contributed by atoms with Gasteiger partial charge in [0.25, 0.3) is 0 Å². The third kappa shape index (κ3) is 6.54. The average Bonchev–Trinajstić information content (AvgIpc) is 3.78. The summed E-state index contributed by atoms with van der Waals surface area (Å²) in [6, 6.07) is 14.2. The number of amides is 3. The summed E-state index contributed by atoms with van der Waals surface area (Å²) in [6.45, 7) is 5.12. The number of aromatic amines is 1. The van der Waals surface area contributed by atoms with Crippen LogP contribution in [0.4, 0.5) is 0 Å². The van der Waals surface area contributed by atoms with Crippen molar-refractivity contribution in [1.82, 2.24) is 25.8 Å². The molecule has 0 aliphatic carbocycles. The second kappa shape index (κ2) is 13.0. The van der Waals surface area contributed by atoms with Crippen LogP contribution in [0.2, 0.25) is 0 Å². The molecule has 1 aromatic heterocycles. The molecule has 10 heteroatoms. The van der Waals surface area contributed by atoms with Crippen LogP contribution in [-0.2, 0) is 32.0 Å². The van der Waals surface area contributed by atoms with E-state index < -0.39 is 35.9 Å². The summed E-state index contributed by atoms with van der Waals surface area (Å²) in [5.41, 5.74) is 2.76. The summed E-state index contributed by atoms with van der Waals surface area (Å²) in [6.07, 6.45) is 4.86. The van der Waals surface area contributed by atoms with Crippen LogP contribution in [0.25, 0.3) is 10.9 Å². The monoisotopic (exact) mass is 571 g/mol. The fraction of sp³-hybridized carbons (Fsp3) is 0.375. The van der Waals surface area contributed by atoms with E-state index in [0.29, 0.717) is 32.2 Å². The highest BCUT2D eigenvalue weighted by Gasteiger charge is 2.38. The number of carboxylic acids is 1. The number of likely N-dealkylation sites (tertiary alicyclic amines) is 1. The second-order valence-corrected chi connectivity index (χ2v) is 11.0. The molecule has 2 aliphatic heterocycles. The second-order valence-electron chi connectivity index (χ2n) is 11.0. The summed E-state index contributed by atoms with van der Waals surface area (Å²) in [7, 11) is 0. The fourth-order valence-corrected chi connectivity index (χ4v) is 5.91. The summed E-state index contributed by atoms with van der Waals surface area (Å²) < 4.78 is 0. The van der Waals surface area contributed by atoms with Gasteiger partial charge in [-0.1, -0.05) is 55.1 Å². The van der Waals surface area contributed by atoms with Crippen molar-refractivity contribution in [2.24, 2.45) is 0 Å². The van der Waals surface area contributed by atoms with Crippen molar-refractivity contribution in [1.29, 1.82) is 0 Å². The SMILES string of the molecule is C=C(C(=O)N[C@@H](Cc1c[nH]c2ccccc12)C(=O)N1CCC[C@H]1C(=O)O)[C@H](Cc1ccccc1)NC(=O)[C@@H]1CCCN1. The third-order valence-corrected chi connectivity index (χ3v) is 8.21. The maximum atomic E-state index is 13.8. The number of hydrogen-bond donors (Lipinski definition) is 5. The van der Waals surface area contributed by atoms with E-state index in [1.54, 1.807) is 6.20 Å². The number of rotatable bonds is 11. The molecule has 3 heterocycles. The van der Waals surface area contributed by atoms with Gasteiger partial charge in [-0.25, -0.2) is 4.79 Å². The Labute approximate surface area is 244 Å². The number of nitrogens with zero attached hydrogens (tertiary/aromatic N) is 1. The van der Waals surface area contributed by atoms with Crippen LogP contribution in [0, 0.1) is 0 Å². The highest BCUT2D eigenvalue weighted by Crippen LogP contribution is 2.23. The maximum Gasteiger partial charge on any atom is 0.326 e. The lowest BCUT2D eigenvalue weighted by atomic mass is 9.97. The zero-order valence-corrected chi connectivity index (χ0v) is 23.5. The average molecular weight is 572 g/mol. The van der Waals surface area contributed by atoms with Crippen molar-refractivity contribution in [2.75, 3.05) is 13.1 Å². The number of para-hydroxylation sites is 1. The van der Waals surface area contributed by atoms with Gasteiger partial charge in [0, 0.05) is 35.6 Å². The molecule has 0 spiro atoms. The smallest absolute Gasteiger partial charge is 0.326 e. The van der Waals surface area contributed by atoms with Crippen LogP contribution in [-0.4, -0.2) is 75.9 Å². The number of fused-ring (bicyclic) bond motifs is 1. The molecule has 0 bridgehead atoms. The number of carbonyl (C=O) groups is 4. The first-order valence-corrected chi connectivity index (χ1v) is 14.5. The van der Waals surface area contributed by atoms with E-state index in [4.69, 9.17) is 0 Å². The fourth-order valence-electron chi connectivity index (χ4n) is 5.91. The molecule has 0 unspecified atom stereocenters. The van der Waals surface area contributed by atoms with Crippen molar-refractivity contribution in [2.45, 2.75) is 62.7 Å². The number of aromatic nitrogens is 1. The van der Waals surface area contributed by atoms with Crippen LogP contribution in [0.1, 0.15) is 36.8 Å². The molecule has 2 saturated heterocycles. The molecule has 42 heavy (non-hydrogen) atoms. The highest BCUT2D eigenvalue weighted by atomic mass is 16.4. The molecule has 0 saturated carbocycles. The molecule has 2 aliphatic rings. The lowest BCUT2D eigenvalue weighted by Crippen LogP contribution is -2.54. The molecule has 3 aromatic rings. The Morgan fingerprint density at radius 2 is 1.71 bits per heavy atom. The zero-order valence-electron chi connectivity index (χ0n) is 23.5. The van der Waals surface area contributed by atoms with Gasteiger partial charge in [0.2, 0.25) is 17.7 Å². The minimum Gasteiger partial charge on any atom is -0.480 e. The minimum atomic E-state index is -1.06. The summed E-state index contributed by atoms with van der Waals surface area (Å²) in [5, 5.41) is 19.7. The number of aliphatic carboxylic acids is 1. The quantitative estimate of drug-likeness (QED) is 0.224. The normalized spacial score (nSPS) is 19.8. The molecule has 4 atom stereocenters. The molecule has 0 radical (unpaired) electrons. The van der Waals surface area contributed by atoms with Crippen molar-refractivity contribution < 1.29 is 24.3 Å². The van der Waals surface area contributed by atoms with Crippen molar-refractivity contribution >= 4 is 34.6 Å². The molecular formula is C32H37N5O5. The predicted octanol–water partition coefficient (Wildman–Crippen LogP) is 2.31. The van der Waals surface area contributed by atoms with E-state index in [1.165, 1.54) is 4.90 Å². The number of H-pyrrole nitrogens is 1. The van der Waals surface area contributed by atoms with Gasteiger partial charge in [0.1, 0.15) is 12.1 Å².